The third-order valence-electron chi connectivity index (χ3n) is 4.24. The molecule has 0 spiro atoms. The van der Waals surface area contributed by atoms with Crippen LogP contribution in [0.15, 0.2) is 64.1 Å². The Labute approximate surface area is 133 Å². The minimum atomic E-state index is 0.0655. The minimum Gasteiger partial charge on any atom is -0.308 e. The Morgan fingerprint density at radius 2 is 1.86 bits per heavy atom. The number of fused-ring (bicyclic) bond motifs is 5. The Bertz CT molecular complexity index is 1260. The van der Waals surface area contributed by atoms with Crippen molar-refractivity contribution in [3.05, 3.63) is 69.6 Å². The summed E-state index contributed by atoms with van der Waals surface area (Å²) in [7, 11) is 0. The summed E-state index contributed by atoms with van der Waals surface area (Å²) in [4.78, 5) is 16.7. The van der Waals surface area contributed by atoms with Gasteiger partial charge in [-0.3, -0.25) is 9.78 Å². The lowest BCUT2D eigenvalue weighted by atomic mass is 10.1. The quantitative estimate of drug-likeness (QED) is 0.390. The van der Waals surface area contributed by atoms with E-state index in [4.69, 9.17) is 0 Å². The largest absolute Gasteiger partial charge is 0.308 e. The van der Waals surface area contributed by atoms with E-state index in [1.807, 2.05) is 30.5 Å². The number of aromatic nitrogens is 2. The average molecular weight is 349 g/mol. The van der Waals surface area contributed by atoms with Crippen LogP contribution >= 0.6 is 15.9 Å². The van der Waals surface area contributed by atoms with E-state index in [-0.39, 0.29) is 5.43 Å². The molecule has 0 atom stereocenters. The summed E-state index contributed by atoms with van der Waals surface area (Å²) in [5.41, 5.74) is 3.15. The van der Waals surface area contributed by atoms with Crippen molar-refractivity contribution in [3.63, 3.8) is 0 Å². The molecular weight excluding hydrogens is 340 g/mol. The van der Waals surface area contributed by atoms with Gasteiger partial charge in [0.25, 0.3) is 0 Å². The monoisotopic (exact) mass is 348 g/mol. The van der Waals surface area contributed by atoms with E-state index in [1.165, 1.54) is 0 Å². The van der Waals surface area contributed by atoms with Gasteiger partial charge in [0.15, 0.2) is 5.43 Å². The fourth-order valence-corrected chi connectivity index (χ4v) is 3.71. The van der Waals surface area contributed by atoms with Crippen LogP contribution in [-0.2, 0) is 0 Å². The lowest BCUT2D eigenvalue weighted by Crippen LogP contribution is -1.99. The fraction of sp³-hybridized carbons (Fsp3) is 0. The molecule has 0 aliphatic rings. The molecule has 0 amide bonds. The average Bonchev–Trinajstić information content (AvgIpc) is 2.87. The molecule has 3 heterocycles. The maximum atomic E-state index is 12.4. The standard InChI is InChI=1S/C18H9BrN2O/c19-12-2-3-13-15(8-12)21-14-5-6-20-9-11(14)7-10-1-4-16(22)17(13)18(10)21/h1-9H. The summed E-state index contributed by atoms with van der Waals surface area (Å²) in [5.74, 6) is 0. The van der Waals surface area contributed by atoms with Gasteiger partial charge in [0.1, 0.15) is 0 Å². The highest BCUT2D eigenvalue weighted by Crippen LogP contribution is 2.34. The van der Waals surface area contributed by atoms with Crippen molar-refractivity contribution in [3.8, 4) is 0 Å². The van der Waals surface area contributed by atoms with Crippen molar-refractivity contribution in [1.29, 1.82) is 0 Å². The van der Waals surface area contributed by atoms with E-state index in [0.717, 1.165) is 42.6 Å². The predicted molar refractivity (Wildman–Crippen MR) is 92.9 cm³/mol. The highest BCUT2D eigenvalue weighted by atomic mass is 79.9. The highest BCUT2D eigenvalue weighted by Gasteiger charge is 2.16. The van der Waals surface area contributed by atoms with Crippen LogP contribution in [0.1, 0.15) is 0 Å². The van der Waals surface area contributed by atoms with Gasteiger partial charge >= 0.3 is 0 Å². The molecule has 0 unspecified atom stereocenters. The van der Waals surface area contributed by atoms with E-state index in [9.17, 15) is 4.79 Å². The Morgan fingerprint density at radius 3 is 2.77 bits per heavy atom. The number of hydrogen-bond donors (Lipinski definition) is 0. The lowest BCUT2D eigenvalue weighted by molar-refractivity contribution is 1.30. The molecule has 0 saturated carbocycles. The van der Waals surface area contributed by atoms with Crippen LogP contribution in [-0.4, -0.2) is 9.38 Å². The van der Waals surface area contributed by atoms with Gasteiger partial charge in [0.05, 0.1) is 21.9 Å². The summed E-state index contributed by atoms with van der Waals surface area (Å²) >= 11 is 3.54. The van der Waals surface area contributed by atoms with Gasteiger partial charge in [-0.2, -0.15) is 0 Å². The third-order valence-corrected chi connectivity index (χ3v) is 4.74. The molecule has 0 fully saturated rings. The number of halogens is 1. The van der Waals surface area contributed by atoms with Gasteiger partial charge in [-0.25, -0.2) is 0 Å². The van der Waals surface area contributed by atoms with Crippen LogP contribution in [0, 0.1) is 0 Å². The maximum Gasteiger partial charge on any atom is 0.188 e. The number of hydrogen-bond acceptors (Lipinski definition) is 2. The smallest absolute Gasteiger partial charge is 0.188 e. The fourth-order valence-electron chi connectivity index (χ4n) is 3.36. The van der Waals surface area contributed by atoms with E-state index in [0.29, 0.717) is 0 Å². The van der Waals surface area contributed by atoms with Crippen LogP contribution in [0.5, 0.6) is 0 Å². The zero-order valence-corrected chi connectivity index (χ0v) is 13.0. The van der Waals surface area contributed by atoms with Gasteiger partial charge in [0.2, 0.25) is 0 Å². The normalized spacial score (nSPS) is 12.0. The molecule has 4 heteroatoms. The molecule has 5 aromatic rings. The van der Waals surface area contributed by atoms with Crippen LogP contribution in [0.25, 0.3) is 38.1 Å². The van der Waals surface area contributed by atoms with Crippen LogP contribution in [0.3, 0.4) is 0 Å². The molecule has 0 aliphatic heterocycles. The van der Waals surface area contributed by atoms with Gasteiger partial charge in [0, 0.05) is 33.0 Å². The van der Waals surface area contributed by atoms with Crippen molar-refractivity contribution < 1.29 is 0 Å². The summed E-state index contributed by atoms with van der Waals surface area (Å²) in [6.07, 6.45) is 3.65. The SMILES string of the molecule is O=c1ccc2cc3cnccc3n3c4cc(Br)ccc4c1c23. The Kier molecular flexibility index (Phi) is 2.23. The van der Waals surface area contributed by atoms with Crippen LogP contribution < -0.4 is 5.43 Å². The second-order valence-corrected chi connectivity index (χ2v) is 6.37. The first-order chi connectivity index (χ1) is 10.7. The first-order valence-corrected chi connectivity index (χ1v) is 7.76. The molecule has 0 aliphatic carbocycles. The summed E-state index contributed by atoms with van der Waals surface area (Å²) in [6, 6.07) is 13.7. The molecule has 0 saturated heterocycles. The second kappa shape index (κ2) is 4.05. The van der Waals surface area contributed by atoms with E-state index < -0.39 is 0 Å². The molecule has 104 valence electrons. The molecule has 22 heavy (non-hydrogen) atoms. The molecule has 0 radical (unpaired) electrons. The Balaban J connectivity index is 2.30. The zero-order chi connectivity index (χ0) is 14.8. The van der Waals surface area contributed by atoms with Crippen molar-refractivity contribution in [2.45, 2.75) is 0 Å². The van der Waals surface area contributed by atoms with Crippen molar-refractivity contribution in [2.75, 3.05) is 0 Å². The summed E-state index contributed by atoms with van der Waals surface area (Å²) in [6.45, 7) is 0. The van der Waals surface area contributed by atoms with Gasteiger partial charge in [-0.1, -0.05) is 22.0 Å². The van der Waals surface area contributed by atoms with Crippen molar-refractivity contribution in [2.24, 2.45) is 0 Å². The minimum absolute atomic E-state index is 0.0655. The zero-order valence-electron chi connectivity index (χ0n) is 11.4. The van der Waals surface area contributed by atoms with Crippen molar-refractivity contribution >= 4 is 54.0 Å². The molecule has 3 aromatic heterocycles. The predicted octanol–water partition coefficient (Wildman–Crippen LogP) is 4.35. The van der Waals surface area contributed by atoms with E-state index >= 15 is 0 Å². The third kappa shape index (κ3) is 1.40. The van der Waals surface area contributed by atoms with Crippen molar-refractivity contribution in [1.82, 2.24) is 9.38 Å². The molecule has 2 aromatic carbocycles. The molecule has 0 bridgehead atoms. The van der Waals surface area contributed by atoms with E-state index in [1.54, 1.807) is 12.3 Å². The first-order valence-electron chi connectivity index (χ1n) is 6.97. The summed E-state index contributed by atoms with van der Waals surface area (Å²) < 4.78 is 3.17. The number of pyridine rings is 2. The number of benzene rings is 2. The van der Waals surface area contributed by atoms with Gasteiger partial charge in [-0.15, -0.1) is 0 Å². The van der Waals surface area contributed by atoms with E-state index in [2.05, 4.69) is 37.4 Å². The lowest BCUT2D eigenvalue weighted by Gasteiger charge is -2.06. The topological polar surface area (TPSA) is 34.4 Å². The number of nitrogens with zero attached hydrogens (tertiary/aromatic N) is 2. The van der Waals surface area contributed by atoms with Gasteiger partial charge < -0.3 is 4.40 Å². The molecule has 3 nitrogen and oxygen atoms in total. The molecule has 0 N–H and O–H groups in total. The van der Waals surface area contributed by atoms with Gasteiger partial charge in [-0.05, 0) is 36.4 Å². The number of rotatable bonds is 0. The Hall–Kier alpha value is -2.46. The maximum absolute atomic E-state index is 12.4. The molecular formula is C18H9BrN2O. The second-order valence-electron chi connectivity index (χ2n) is 5.45. The first kappa shape index (κ1) is 12.1. The summed E-state index contributed by atoms with van der Waals surface area (Å²) in [5, 5.41) is 3.90. The highest BCUT2D eigenvalue weighted by molar-refractivity contribution is 9.10. The van der Waals surface area contributed by atoms with Crippen LogP contribution in [0.4, 0.5) is 0 Å². The molecule has 5 rings (SSSR count). The van der Waals surface area contributed by atoms with Crippen LogP contribution in [0.2, 0.25) is 0 Å². The Morgan fingerprint density at radius 1 is 0.955 bits per heavy atom.